The van der Waals surface area contributed by atoms with Crippen molar-refractivity contribution in [3.05, 3.63) is 77.4 Å². The summed E-state index contributed by atoms with van der Waals surface area (Å²) < 4.78 is 23.6. The number of benzene rings is 2. The van der Waals surface area contributed by atoms with Gasteiger partial charge in [0.05, 0.1) is 6.61 Å². The van der Waals surface area contributed by atoms with Crippen LogP contribution in [0, 0.1) is 5.82 Å². The van der Waals surface area contributed by atoms with Crippen LogP contribution in [0.15, 0.2) is 59.1 Å². The van der Waals surface area contributed by atoms with E-state index in [9.17, 15) is 14.3 Å². The zero-order chi connectivity index (χ0) is 21.7. The standard InChI is InChI=1S/C21H21FN2O6/c1-21(20(27)23-28,19(26)18-10-17(11-25)30-24-18)29-12-13-2-4-14(5-3-13)15-6-8-16(22)9-7-15/h2-10,19,25-26,28H,11-12H2,1H3,(H,23,27)/t19-,21-/m0/s1. The van der Waals surface area contributed by atoms with Gasteiger partial charge in [0.25, 0.3) is 5.91 Å². The number of aliphatic hydroxyl groups excluding tert-OH is 2. The summed E-state index contributed by atoms with van der Waals surface area (Å²) in [7, 11) is 0. The maximum Gasteiger partial charge on any atom is 0.278 e. The lowest BCUT2D eigenvalue weighted by Gasteiger charge is -2.31. The maximum absolute atomic E-state index is 13.1. The molecule has 0 saturated carbocycles. The normalized spacial score (nSPS) is 14.2. The van der Waals surface area contributed by atoms with E-state index in [1.807, 2.05) is 12.1 Å². The molecule has 0 bridgehead atoms. The lowest BCUT2D eigenvalue weighted by molar-refractivity contribution is -0.174. The van der Waals surface area contributed by atoms with Crippen LogP contribution in [0.4, 0.5) is 4.39 Å². The molecule has 0 aliphatic carbocycles. The molecule has 3 aromatic rings. The van der Waals surface area contributed by atoms with Crippen LogP contribution in [0.1, 0.15) is 30.0 Å². The number of hydroxylamine groups is 1. The monoisotopic (exact) mass is 416 g/mol. The van der Waals surface area contributed by atoms with Crippen molar-refractivity contribution in [1.29, 1.82) is 0 Å². The van der Waals surface area contributed by atoms with Crippen molar-refractivity contribution in [2.75, 3.05) is 0 Å². The number of rotatable bonds is 8. The van der Waals surface area contributed by atoms with E-state index in [0.29, 0.717) is 5.56 Å². The van der Waals surface area contributed by atoms with E-state index >= 15 is 0 Å². The molecule has 158 valence electrons. The Balaban J connectivity index is 1.75. The number of nitrogens with one attached hydrogen (secondary N) is 1. The van der Waals surface area contributed by atoms with Gasteiger partial charge in [0, 0.05) is 6.07 Å². The number of halogens is 1. The topological polar surface area (TPSA) is 125 Å². The van der Waals surface area contributed by atoms with Crippen LogP contribution >= 0.6 is 0 Å². The molecule has 0 saturated heterocycles. The summed E-state index contributed by atoms with van der Waals surface area (Å²) in [5, 5.41) is 32.4. The van der Waals surface area contributed by atoms with E-state index in [2.05, 4.69) is 5.16 Å². The fourth-order valence-electron chi connectivity index (χ4n) is 2.86. The van der Waals surface area contributed by atoms with Crippen LogP contribution in [0.2, 0.25) is 0 Å². The SMILES string of the molecule is C[C@@](OCc1ccc(-c2ccc(F)cc2)cc1)(C(=O)NO)[C@@H](O)c1cc(CO)on1. The summed E-state index contributed by atoms with van der Waals surface area (Å²) >= 11 is 0. The average molecular weight is 416 g/mol. The van der Waals surface area contributed by atoms with E-state index < -0.39 is 24.2 Å². The number of hydrogen-bond acceptors (Lipinski definition) is 7. The number of carbonyl (C=O) groups excluding carboxylic acids is 1. The minimum absolute atomic E-state index is 0.0307. The van der Waals surface area contributed by atoms with Crippen LogP contribution in [-0.2, 0) is 22.7 Å². The molecular weight excluding hydrogens is 395 g/mol. The Bertz CT molecular complexity index is 989. The minimum atomic E-state index is -1.89. The molecule has 9 heteroatoms. The van der Waals surface area contributed by atoms with Gasteiger partial charge in [-0.15, -0.1) is 0 Å². The second kappa shape index (κ2) is 9.14. The molecule has 4 N–H and O–H groups in total. The van der Waals surface area contributed by atoms with Crippen molar-refractivity contribution in [2.24, 2.45) is 0 Å². The Labute approximate surface area is 171 Å². The fourth-order valence-corrected chi connectivity index (χ4v) is 2.86. The van der Waals surface area contributed by atoms with Gasteiger partial charge >= 0.3 is 0 Å². The molecule has 0 radical (unpaired) electrons. The zero-order valence-electron chi connectivity index (χ0n) is 16.1. The van der Waals surface area contributed by atoms with E-state index in [0.717, 1.165) is 11.1 Å². The number of hydrogen-bond donors (Lipinski definition) is 4. The first-order valence-corrected chi connectivity index (χ1v) is 9.05. The highest BCUT2D eigenvalue weighted by atomic mass is 19.1. The smallest absolute Gasteiger partial charge is 0.278 e. The number of aliphatic hydroxyl groups is 2. The van der Waals surface area contributed by atoms with E-state index in [1.54, 1.807) is 24.3 Å². The number of amides is 1. The Morgan fingerprint density at radius 2 is 1.80 bits per heavy atom. The molecule has 0 aliphatic heterocycles. The summed E-state index contributed by atoms with van der Waals surface area (Å²) in [6.45, 7) is 0.808. The third kappa shape index (κ3) is 4.55. The van der Waals surface area contributed by atoms with Crippen molar-refractivity contribution in [3.63, 3.8) is 0 Å². The van der Waals surface area contributed by atoms with Crippen molar-refractivity contribution < 1.29 is 33.9 Å². The summed E-state index contributed by atoms with van der Waals surface area (Å²) in [5.74, 6) is -1.19. The van der Waals surface area contributed by atoms with E-state index in [4.69, 9.17) is 19.6 Å². The molecule has 30 heavy (non-hydrogen) atoms. The van der Waals surface area contributed by atoms with Crippen LogP contribution < -0.4 is 5.48 Å². The molecule has 3 rings (SSSR count). The third-order valence-corrected chi connectivity index (χ3v) is 4.76. The number of aromatic nitrogens is 1. The van der Waals surface area contributed by atoms with E-state index in [-0.39, 0.29) is 23.9 Å². The molecule has 1 aromatic heterocycles. The maximum atomic E-state index is 13.1. The lowest BCUT2D eigenvalue weighted by atomic mass is 9.95. The molecule has 1 amide bonds. The van der Waals surface area contributed by atoms with Crippen LogP contribution in [0.25, 0.3) is 11.1 Å². The predicted molar refractivity (Wildman–Crippen MR) is 102 cm³/mol. The van der Waals surface area contributed by atoms with Crippen molar-refractivity contribution in [3.8, 4) is 11.1 Å². The van der Waals surface area contributed by atoms with Gasteiger partial charge in [0.15, 0.2) is 11.4 Å². The van der Waals surface area contributed by atoms with Gasteiger partial charge in [0.1, 0.15) is 24.2 Å². The quantitative estimate of drug-likeness (QED) is 0.328. The van der Waals surface area contributed by atoms with Gasteiger partial charge in [-0.05, 0) is 35.7 Å². The van der Waals surface area contributed by atoms with Crippen molar-refractivity contribution >= 4 is 5.91 Å². The number of carbonyl (C=O) groups is 1. The van der Waals surface area contributed by atoms with Gasteiger partial charge in [-0.1, -0.05) is 41.6 Å². The zero-order valence-corrected chi connectivity index (χ0v) is 16.1. The lowest BCUT2D eigenvalue weighted by Crippen LogP contribution is -2.50. The molecule has 0 unspecified atom stereocenters. The second-order valence-electron chi connectivity index (χ2n) is 6.82. The van der Waals surface area contributed by atoms with Gasteiger partial charge < -0.3 is 19.5 Å². The Morgan fingerprint density at radius 1 is 1.20 bits per heavy atom. The first-order chi connectivity index (χ1) is 14.4. The summed E-state index contributed by atoms with van der Waals surface area (Å²) in [5.41, 5.74) is 1.97. The molecule has 2 atom stereocenters. The Kier molecular flexibility index (Phi) is 6.58. The highest BCUT2D eigenvalue weighted by Crippen LogP contribution is 2.31. The molecular formula is C21H21FN2O6. The third-order valence-electron chi connectivity index (χ3n) is 4.76. The molecule has 0 spiro atoms. The van der Waals surface area contributed by atoms with Gasteiger partial charge in [0.2, 0.25) is 0 Å². The molecule has 2 aromatic carbocycles. The highest BCUT2D eigenvalue weighted by molar-refractivity contribution is 5.84. The van der Waals surface area contributed by atoms with Gasteiger partial charge in [-0.3, -0.25) is 10.0 Å². The first-order valence-electron chi connectivity index (χ1n) is 9.05. The Morgan fingerprint density at radius 3 is 2.33 bits per heavy atom. The summed E-state index contributed by atoms with van der Waals surface area (Å²) in [6.07, 6.45) is -1.58. The van der Waals surface area contributed by atoms with Gasteiger partial charge in [-0.25, -0.2) is 9.87 Å². The Hall–Kier alpha value is -3.11. The molecule has 0 fully saturated rings. The average Bonchev–Trinajstić information content (AvgIpc) is 3.26. The molecule has 8 nitrogen and oxygen atoms in total. The fraction of sp³-hybridized carbons (Fsp3) is 0.238. The second-order valence-corrected chi connectivity index (χ2v) is 6.82. The minimum Gasteiger partial charge on any atom is -0.388 e. The van der Waals surface area contributed by atoms with Crippen LogP contribution in [0.5, 0.6) is 0 Å². The first kappa shape index (κ1) is 21.6. The highest BCUT2D eigenvalue weighted by Gasteiger charge is 2.44. The predicted octanol–water partition coefficient (Wildman–Crippen LogP) is 2.49. The molecule has 1 heterocycles. The van der Waals surface area contributed by atoms with Crippen molar-refractivity contribution in [2.45, 2.75) is 31.8 Å². The number of ether oxygens (including phenoxy) is 1. The summed E-state index contributed by atoms with van der Waals surface area (Å²) in [4.78, 5) is 12.2. The van der Waals surface area contributed by atoms with Crippen molar-refractivity contribution in [1.82, 2.24) is 10.6 Å². The summed E-state index contributed by atoms with van der Waals surface area (Å²) in [6, 6.07) is 14.5. The number of nitrogens with zero attached hydrogens (tertiary/aromatic N) is 1. The van der Waals surface area contributed by atoms with Crippen LogP contribution in [0.3, 0.4) is 0 Å². The van der Waals surface area contributed by atoms with Gasteiger partial charge in [-0.2, -0.15) is 0 Å². The largest absolute Gasteiger partial charge is 0.388 e. The van der Waals surface area contributed by atoms with E-state index in [1.165, 1.54) is 30.6 Å². The van der Waals surface area contributed by atoms with Crippen LogP contribution in [-0.4, -0.2) is 32.1 Å². The molecule has 0 aliphatic rings.